The van der Waals surface area contributed by atoms with Gasteiger partial charge in [0.15, 0.2) is 0 Å². The van der Waals surface area contributed by atoms with Gasteiger partial charge in [-0.1, -0.05) is 17.7 Å². The monoisotopic (exact) mass is 267 g/mol. The van der Waals surface area contributed by atoms with Gasteiger partial charge in [0.25, 0.3) is 0 Å². The Morgan fingerprint density at radius 1 is 1.33 bits per heavy atom. The van der Waals surface area contributed by atoms with Gasteiger partial charge in [-0.15, -0.1) is 0 Å². The normalized spacial score (nSPS) is 11.2. The fourth-order valence-corrected chi connectivity index (χ4v) is 2.06. The Hall–Kier alpha value is -1.39. The molecule has 0 saturated carbocycles. The van der Waals surface area contributed by atoms with Gasteiger partial charge in [-0.2, -0.15) is 5.10 Å². The first-order chi connectivity index (χ1) is 8.54. The number of halogens is 2. The molecule has 1 N–H and O–H groups in total. The van der Waals surface area contributed by atoms with Gasteiger partial charge in [0.05, 0.1) is 5.69 Å². The SMILES string of the molecule is Cc1cc(CN(C)Cc2ccc(F)cc2Cl)n[nH]1. The molecule has 2 rings (SSSR count). The Morgan fingerprint density at radius 2 is 2.11 bits per heavy atom. The largest absolute Gasteiger partial charge is 0.296 e. The zero-order valence-corrected chi connectivity index (χ0v) is 11.1. The molecule has 0 radical (unpaired) electrons. The van der Waals surface area contributed by atoms with Crippen molar-refractivity contribution in [3.63, 3.8) is 0 Å². The predicted octanol–water partition coefficient (Wildman–Crippen LogP) is 3.14. The Kier molecular flexibility index (Phi) is 3.99. The van der Waals surface area contributed by atoms with Gasteiger partial charge >= 0.3 is 0 Å². The molecule has 18 heavy (non-hydrogen) atoms. The van der Waals surface area contributed by atoms with Crippen LogP contribution in [0, 0.1) is 12.7 Å². The molecule has 1 aromatic carbocycles. The van der Waals surface area contributed by atoms with Crippen LogP contribution < -0.4 is 0 Å². The van der Waals surface area contributed by atoms with Crippen LogP contribution in [0.15, 0.2) is 24.3 Å². The second kappa shape index (κ2) is 5.50. The van der Waals surface area contributed by atoms with Gasteiger partial charge in [-0.3, -0.25) is 10.00 Å². The number of rotatable bonds is 4. The first-order valence-corrected chi connectivity index (χ1v) is 6.06. The third-order valence-corrected chi connectivity index (χ3v) is 3.00. The highest BCUT2D eigenvalue weighted by Crippen LogP contribution is 2.19. The minimum atomic E-state index is -0.311. The lowest BCUT2D eigenvalue weighted by Gasteiger charge is -2.16. The summed E-state index contributed by atoms with van der Waals surface area (Å²) in [5.74, 6) is -0.311. The van der Waals surface area contributed by atoms with Crippen LogP contribution in [0.2, 0.25) is 5.02 Å². The number of aromatic amines is 1. The van der Waals surface area contributed by atoms with E-state index in [9.17, 15) is 4.39 Å². The molecule has 5 heteroatoms. The number of benzene rings is 1. The molecule has 0 bridgehead atoms. The fourth-order valence-electron chi connectivity index (χ4n) is 1.83. The van der Waals surface area contributed by atoms with Gasteiger partial charge in [0.2, 0.25) is 0 Å². The number of aryl methyl sites for hydroxylation is 1. The summed E-state index contributed by atoms with van der Waals surface area (Å²) in [6.45, 7) is 3.34. The molecule has 0 aliphatic heterocycles. The van der Waals surface area contributed by atoms with Crippen LogP contribution in [0.1, 0.15) is 17.0 Å². The number of nitrogens with zero attached hydrogens (tertiary/aromatic N) is 2. The van der Waals surface area contributed by atoms with E-state index in [1.54, 1.807) is 6.07 Å². The van der Waals surface area contributed by atoms with Gasteiger partial charge in [-0.05, 0) is 37.7 Å². The first kappa shape index (κ1) is 13.1. The molecule has 3 nitrogen and oxygen atoms in total. The Labute approximate surface area is 111 Å². The third-order valence-electron chi connectivity index (χ3n) is 2.65. The van der Waals surface area contributed by atoms with Gasteiger partial charge in [0.1, 0.15) is 5.82 Å². The fraction of sp³-hybridized carbons (Fsp3) is 0.308. The summed E-state index contributed by atoms with van der Waals surface area (Å²) < 4.78 is 12.9. The van der Waals surface area contributed by atoms with Crippen molar-refractivity contribution in [3.05, 3.63) is 52.1 Å². The molecule has 0 saturated heterocycles. The maximum Gasteiger partial charge on any atom is 0.124 e. The van der Waals surface area contributed by atoms with Crippen LogP contribution in [0.25, 0.3) is 0 Å². The van der Waals surface area contributed by atoms with Crippen LogP contribution in [0.5, 0.6) is 0 Å². The van der Waals surface area contributed by atoms with E-state index in [2.05, 4.69) is 15.1 Å². The van der Waals surface area contributed by atoms with Gasteiger partial charge in [0, 0.05) is 23.8 Å². The average Bonchev–Trinajstić information content (AvgIpc) is 2.68. The maximum absolute atomic E-state index is 12.9. The average molecular weight is 268 g/mol. The lowest BCUT2D eigenvalue weighted by molar-refractivity contribution is 0.315. The van der Waals surface area contributed by atoms with Crippen LogP contribution in [0.3, 0.4) is 0 Å². The predicted molar refractivity (Wildman–Crippen MR) is 69.9 cm³/mol. The van der Waals surface area contributed by atoms with E-state index >= 15 is 0 Å². The minimum Gasteiger partial charge on any atom is -0.296 e. The van der Waals surface area contributed by atoms with Crippen LogP contribution in [0.4, 0.5) is 4.39 Å². The molecular weight excluding hydrogens is 253 g/mol. The number of aromatic nitrogens is 2. The summed E-state index contributed by atoms with van der Waals surface area (Å²) in [6.07, 6.45) is 0. The molecule has 0 atom stereocenters. The van der Waals surface area contributed by atoms with E-state index in [1.165, 1.54) is 12.1 Å². The highest BCUT2D eigenvalue weighted by molar-refractivity contribution is 6.31. The number of H-pyrrole nitrogens is 1. The van der Waals surface area contributed by atoms with E-state index in [1.807, 2.05) is 20.0 Å². The van der Waals surface area contributed by atoms with Crippen LogP contribution >= 0.6 is 11.6 Å². The lowest BCUT2D eigenvalue weighted by atomic mass is 10.2. The second-order valence-corrected chi connectivity index (χ2v) is 4.86. The Morgan fingerprint density at radius 3 is 2.72 bits per heavy atom. The molecule has 0 fully saturated rings. The lowest BCUT2D eigenvalue weighted by Crippen LogP contribution is -2.17. The Balaban J connectivity index is 2.00. The second-order valence-electron chi connectivity index (χ2n) is 4.45. The standard InChI is InChI=1S/C13H15ClFN3/c1-9-5-12(17-16-9)8-18(2)7-10-3-4-11(15)6-13(10)14/h3-6H,7-8H2,1-2H3,(H,16,17). The Bertz CT molecular complexity index is 539. The molecular formula is C13H15ClFN3. The van der Waals surface area contributed by atoms with E-state index in [0.29, 0.717) is 11.6 Å². The zero-order valence-electron chi connectivity index (χ0n) is 10.4. The highest BCUT2D eigenvalue weighted by Gasteiger charge is 2.07. The smallest absolute Gasteiger partial charge is 0.124 e. The quantitative estimate of drug-likeness (QED) is 0.923. The summed E-state index contributed by atoms with van der Waals surface area (Å²) >= 11 is 5.99. The first-order valence-electron chi connectivity index (χ1n) is 5.68. The zero-order chi connectivity index (χ0) is 13.1. The van der Waals surface area contributed by atoms with Crippen LogP contribution in [-0.4, -0.2) is 22.1 Å². The molecule has 0 amide bonds. The summed E-state index contributed by atoms with van der Waals surface area (Å²) in [6, 6.07) is 6.48. The number of hydrogen-bond acceptors (Lipinski definition) is 2. The summed E-state index contributed by atoms with van der Waals surface area (Å²) in [7, 11) is 1.98. The van der Waals surface area contributed by atoms with Crippen molar-refractivity contribution in [2.24, 2.45) is 0 Å². The summed E-state index contributed by atoms with van der Waals surface area (Å²) in [4.78, 5) is 2.08. The minimum absolute atomic E-state index is 0.311. The molecule has 0 spiro atoms. The van der Waals surface area contributed by atoms with Crippen molar-refractivity contribution in [1.82, 2.24) is 15.1 Å². The van der Waals surface area contributed by atoms with Crippen LogP contribution in [-0.2, 0) is 13.1 Å². The maximum atomic E-state index is 12.9. The van der Waals surface area contributed by atoms with Gasteiger partial charge < -0.3 is 0 Å². The summed E-state index contributed by atoms with van der Waals surface area (Å²) in [5, 5.41) is 7.54. The van der Waals surface area contributed by atoms with Gasteiger partial charge in [-0.25, -0.2) is 4.39 Å². The molecule has 0 aliphatic rings. The van der Waals surface area contributed by atoms with Crippen molar-refractivity contribution in [3.8, 4) is 0 Å². The molecule has 96 valence electrons. The number of hydrogen-bond donors (Lipinski definition) is 1. The van der Waals surface area contributed by atoms with E-state index < -0.39 is 0 Å². The van der Waals surface area contributed by atoms with Crippen molar-refractivity contribution < 1.29 is 4.39 Å². The van der Waals surface area contributed by atoms with Crippen molar-refractivity contribution in [2.45, 2.75) is 20.0 Å². The van der Waals surface area contributed by atoms with Crippen molar-refractivity contribution >= 4 is 11.6 Å². The topological polar surface area (TPSA) is 31.9 Å². The van der Waals surface area contributed by atoms with Crippen molar-refractivity contribution in [1.29, 1.82) is 0 Å². The molecule has 1 heterocycles. The highest BCUT2D eigenvalue weighted by atomic mass is 35.5. The van der Waals surface area contributed by atoms with Crippen molar-refractivity contribution in [2.75, 3.05) is 7.05 Å². The third kappa shape index (κ3) is 3.31. The summed E-state index contributed by atoms with van der Waals surface area (Å²) in [5.41, 5.74) is 2.93. The van der Waals surface area contributed by atoms with E-state index in [0.717, 1.165) is 23.5 Å². The number of nitrogens with one attached hydrogen (secondary N) is 1. The molecule has 0 unspecified atom stereocenters. The van der Waals surface area contributed by atoms with E-state index in [-0.39, 0.29) is 5.82 Å². The molecule has 2 aromatic rings. The molecule has 1 aromatic heterocycles. The molecule has 0 aliphatic carbocycles. The van der Waals surface area contributed by atoms with E-state index in [4.69, 9.17) is 11.6 Å².